The highest BCUT2D eigenvalue weighted by Gasteiger charge is 2.38. The molecule has 1 aromatic rings. The van der Waals surface area contributed by atoms with Crippen LogP contribution in [0.25, 0.3) is 0 Å². The van der Waals surface area contributed by atoms with Crippen LogP contribution in [0.15, 0.2) is 0 Å². The van der Waals surface area contributed by atoms with E-state index in [-0.39, 0.29) is 18.0 Å². The van der Waals surface area contributed by atoms with Crippen LogP contribution in [0, 0.1) is 0 Å². The monoisotopic (exact) mass is 271 g/mol. The van der Waals surface area contributed by atoms with Crippen molar-refractivity contribution >= 4 is 0 Å². The molecule has 3 rings (SSSR count). The van der Waals surface area contributed by atoms with Crippen LogP contribution < -0.4 is 5.32 Å². The van der Waals surface area contributed by atoms with Crippen molar-refractivity contribution in [3.05, 3.63) is 22.8 Å². The SMILES string of the molecule is FC(F)(F)c1nc(C2CCCC2)nc2c1CNCC2. The zero-order valence-corrected chi connectivity index (χ0v) is 10.6. The lowest BCUT2D eigenvalue weighted by Crippen LogP contribution is -2.29. The Bertz CT molecular complexity index is 479. The molecule has 0 unspecified atom stereocenters. The number of alkyl halides is 3. The molecule has 1 saturated carbocycles. The Hall–Kier alpha value is -1.17. The van der Waals surface area contributed by atoms with Crippen molar-refractivity contribution in [2.75, 3.05) is 6.54 Å². The second-order valence-corrected chi connectivity index (χ2v) is 5.26. The highest BCUT2D eigenvalue weighted by atomic mass is 19.4. The molecule has 0 atom stereocenters. The highest BCUT2D eigenvalue weighted by molar-refractivity contribution is 5.31. The van der Waals surface area contributed by atoms with Crippen LogP contribution in [0.4, 0.5) is 13.2 Å². The van der Waals surface area contributed by atoms with Crippen molar-refractivity contribution in [2.45, 2.75) is 50.7 Å². The first kappa shape index (κ1) is 12.8. The number of hydrogen-bond donors (Lipinski definition) is 1. The predicted octanol–water partition coefficient (Wildman–Crippen LogP) is 2.80. The lowest BCUT2D eigenvalue weighted by atomic mass is 10.0. The summed E-state index contributed by atoms with van der Waals surface area (Å²) in [6.07, 6.45) is 0.116. The molecule has 1 N–H and O–H groups in total. The highest BCUT2D eigenvalue weighted by Crippen LogP contribution is 2.37. The fourth-order valence-electron chi connectivity index (χ4n) is 2.96. The Morgan fingerprint density at radius 1 is 1.11 bits per heavy atom. The number of hydrogen-bond acceptors (Lipinski definition) is 3. The van der Waals surface area contributed by atoms with Crippen LogP contribution >= 0.6 is 0 Å². The maximum Gasteiger partial charge on any atom is 0.433 e. The van der Waals surface area contributed by atoms with Crippen molar-refractivity contribution in [3.8, 4) is 0 Å². The van der Waals surface area contributed by atoms with Gasteiger partial charge in [0, 0.05) is 31.0 Å². The summed E-state index contributed by atoms with van der Waals surface area (Å²) in [7, 11) is 0. The Balaban J connectivity index is 2.07. The summed E-state index contributed by atoms with van der Waals surface area (Å²) in [5, 5.41) is 2.96. The number of nitrogens with zero attached hydrogens (tertiary/aromatic N) is 2. The van der Waals surface area contributed by atoms with Crippen molar-refractivity contribution < 1.29 is 13.2 Å². The molecule has 0 bridgehead atoms. The van der Waals surface area contributed by atoms with E-state index in [1.54, 1.807) is 0 Å². The molecule has 0 saturated heterocycles. The molecule has 3 nitrogen and oxygen atoms in total. The first-order chi connectivity index (χ1) is 9.05. The van der Waals surface area contributed by atoms with E-state index in [1.807, 2.05) is 0 Å². The average Bonchev–Trinajstić information content (AvgIpc) is 2.90. The fourth-order valence-corrected chi connectivity index (χ4v) is 2.96. The van der Waals surface area contributed by atoms with Gasteiger partial charge in [0.05, 0.1) is 5.69 Å². The Labute approximate surface area is 109 Å². The zero-order chi connectivity index (χ0) is 13.5. The Morgan fingerprint density at radius 2 is 1.84 bits per heavy atom. The normalized spacial score (nSPS) is 20.6. The van der Waals surface area contributed by atoms with E-state index in [4.69, 9.17) is 0 Å². The van der Waals surface area contributed by atoms with Crippen LogP contribution in [-0.4, -0.2) is 16.5 Å². The maximum absolute atomic E-state index is 13.1. The molecule has 104 valence electrons. The van der Waals surface area contributed by atoms with Crippen LogP contribution in [0.1, 0.15) is 54.4 Å². The van der Waals surface area contributed by atoms with E-state index in [2.05, 4.69) is 15.3 Å². The second-order valence-electron chi connectivity index (χ2n) is 5.26. The van der Waals surface area contributed by atoms with Crippen molar-refractivity contribution in [3.63, 3.8) is 0 Å². The molecule has 0 amide bonds. The summed E-state index contributed by atoms with van der Waals surface area (Å²) in [6.45, 7) is 0.903. The molecule has 0 aromatic carbocycles. The molecule has 0 spiro atoms. The van der Waals surface area contributed by atoms with Crippen molar-refractivity contribution in [2.24, 2.45) is 0 Å². The van der Waals surface area contributed by atoms with Gasteiger partial charge in [-0.1, -0.05) is 12.8 Å². The number of fused-ring (bicyclic) bond motifs is 1. The van der Waals surface area contributed by atoms with Gasteiger partial charge in [0.15, 0.2) is 5.69 Å². The molecular weight excluding hydrogens is 255 g/mol. The van der Waals surface area contributed by atoms with Gasteiger partial charge in [-0.3, -0.25) is 0 Å². The van der Waals surface area contributed by atoms with Gasteiger partial charge < -0.3 is 5.32 Å². The van der Waals surface area contributed by atoms with Gasteiger partial charge in [-0.25, -0.2) is 9.97 Å². The first-order valence-corrected chi connectivity index (χ1v) is 6.73. The summed E-state index contributed by atoms with van der Waals surface area (Å²) in [5.74, 6) is 0.520. The lowest BCUT2D eigenvalue weighted by molar-refractivity contribution is -0.142. The van der Waals surface area contributed by atoms with E-state index in [0.29, 0.717) is 24.5 Å². The minimum atomic E-state index is -4.39. The molecule has 2 aliphatic rings. The van der Waals surface area contributed by atoms with Gasteiger partial charge in [0.25, 0.3) is 0 Å². The third kappa shape index (κ3) is 2.45. The van der Waals surface area contributed by atoms with Gasteiger partial charge >= 0.3 is 6.18 Å². The van der Waals surface area contributed by atoms with Gasteiger partial charge in [-0.05, 0) is 12.8 Å². The van der Waals surface area contributed by atoms with Crippen molar-refractivity contribution in [1.82, 2.24) is 15.3 Å². The van der Waals surface area contributed by atoms with Crippen molar-refractivity contribution in [1.29, 1.82) is 0 Å². The number of halogens is 3. The predicted molar refractivity (Wildman–Crippen MR) is 63.7 cm³/mol. The van der Waals surface area contributed by atoms with Gasteiger partial charge in [-0.15, -0.1) is 0 Å². The molecule has 19 heavy (non-hydrogen) atoms. The van der Waals surface area contributed by atoms with Crippen LogP contribution in [-0.2, 0) is 19.1 Å². The van der Waals surface area contributed by atoms with Crippen LogP contribution in [0.2, 0.25) is 0 Å². The quantitative estimate of drug-likeness (QED) is 0.853. The molecule has 1 fully saturated rings. The van der Waals surface area contributed by atoms with Crippen LogP contribution in [0.3, 0.4) is 0 Å². The van der Waals surface area contributed by atoms with E-state index in [1.165, 1.54) is 0 Å². The molecule has 2 heterocycles. The Morgan fingerprint density at radius 3 is 2.53 bits per heavy atom. The smallest absolute Gasteiger partial charge is 0.312 e. The number of aromatic nitrogens is 2. The summed E-state index contributed by atoms with van der Waals surface area (Å²) in [5.41, 5.74) is 0.0927. The van der Waals surface area contributed by atoms with E-state index in [0.717, 1.165) is 25.7 Å². The fraction of sp³-hybridized carbons (Fsp3) is 0.692. The topological polar surface area (TPSA) is 37.8 Å². The van der Waals surface area contributed by atoms with Gasteiger partial charge in [0.1, 0.15) is 5.82 Å². The average molecular weight is 271 g/mol. The second kappa shape index (κ2) is 4.74. The zero-order valence-electron chi connectivity index (χ0n) is 10.6. The third-order valence-corrected chi connectivity index (χ3v) is 3.94. The first-order valence-electron chi connectivity index (χ1n) is 6.73. The molecule has 6 heteroatoms. The summed E-state index contributed by atoms with van der Waals surface area (Å²) in [4.78, 5) is 8.28. The maximum atomic E-state index is 13.1. The molecule has 1 aromatic heterocycles. The van der Waals surface area contributed by atoms with E-state index in [9.17, 15) is 13.2 Å². The number of rotatable bonds is 1. The molecule has 0 radical (unpaired) electrons. The van der Waals surface area contributed by atoms with Crippen LogP contribution in [0.5, 0.6) is 0 Å². The van der Waals surface area contributed by atoms with E-state index >= 15 is 0 Å². The minimum Gasteiger partial charge on any atom is -0.312 e. The lowest BCUT2D eigenvalue weighted by Gasteiger charge is -2.22. The molecule has 1 aliphatic heterocycles. The summed E-state index contributed by atoms with van der Waals surface area (Å²) in [6, 6.07) is 0. The Kier molecular flexibility index (Phi) is 3.20. The van der Waals surface area contributed by atoms with E-state index < -0.39 is 11.9 Å². The molecule has 1 aliphatic carbocycles. The summed E-state index contributed by atoms with van der Waals surface area (Å²) >= 11 is 0. The standard InChI is InChI=1S/C13H16F3N3/c14-13(15,16)11-9-7-17-6-5-10(9)18-12(19-11)8-3-1-2-4-8/h8,17H,1-7H2. The summed E-state index contributed by atoms with van der Waals surface area (Å²) < 4.78 is 39.4. The minimum absolute atomic E-state index is 0.112. The number of nitrogens with one attached hydrogen (secondary N) is 1. The molecular formula is C13H16F3N3. The van der Waals surface area contributed by atoms with Gasteiger partial charge in [0.2, 0.25) is 0 Å². The third-order valence-electron chi connectivity index (χ3n) is 3.94. The van der Waals surface area contributed by atoms with Gasteiger partial charge in [-0.2, -0.15) is 13.2 Å². The largest absolute Gasteiger partial charge is 0.433 e.